The third kappa shape index (κ3) is 4.06. The van der Waals surface area contributed by atoms with E-state index in [0.29, 0.717) is 26.2 Å². The minimum atomic E-state index is -4.64. The van der Waals surface area contributed by atoms with Crippen molar-refractivity contribution in [3.05, 3.63) is 35.1 Å². The summed E-state index contributed by atoms with van der Waals surface area (Å²) in [5.74, 6) is -0.933. The third-order valence-electron chi connectivity index (χ3n) is 3.46. The molecule has 8 heteroatoms. The molecule has 120 valence electrons. The van der Waals surface area contributed by atoms with Crippen LogP contribution in [0, 0.1) is 5.82 Å². The number of piperazine rings is 1. The number of benzene rings is 1. The Labute approximate surface area is 126 Å². The van der Waals surface area contributed by atoms with Crippen molar-refractivity contribution < 1.29 is 22.7 Å². The fraction of sp³-hybridized carbons (Fsp3) is 0.538. The predicted molar refractivity (Wildman–Crippen MR) is 72.9 cm³/mol. The summed E-state index contributed by atoms with van der Waals surface area (Å²) in [4.78, 5) is 1.67. The Kier molecular flexibility index (Phi) is 6.40. The van der Waals surface area contributed by atoms with Gasteiger partial charge < -0.3 is 10.4 Å². The molecule has 1 saturated heterocycles. The fourth-order valence-electron chi connectivity index (χ4n) is 2.51. The van der Waals surface area contributed by atoms with Crippen LogP contribution >= 0.6 is 12.4 Å². The van der Waals surface area contributed by atoms with Gasteiger partial charge in [-0.25, -0.2) is 4.39 Å². The molecule has 1 heterocycles. The summed E-state index contributed by atoms with van der Waals surface area (Å²) in [7, 11) is 0. The second-order valence-corrected chi connectivity index (χ2v) is 4.68. The lowest BCUT2D eigenvalue weighted by Gasteiger charge is -2.35. The Balaban J connectivity index is 0.00000220. The van der Waals surface area contributed by atoms with E-state index in [0.717, 1.165) is 18.2 Å². The van der Waals surface area contributed by atoms with Gasteiger partial charge >= 0.3 is 6.18 Å². The molecule has 1 fully saturated rings. The van der Waals surface area contributed by atoms with Gasteiger partial charge in [-0.15, -0.1) is 12.4 Å². The molecule has 1 aliphatic heterocycles. The molecule has 1 aromatic rings. The van der Waals surface area contributed by atoms with Gasteiger partial charge in [-0.2, -0.15) is 13.2 Å². The number of rotatable bonds is 3. The molecule has 21 heavy (non-hydrogen) atoms. The lowest BCUT2D eigenvalue weighted by Crippen LogP contribution is -2.46. The Bertz CT molecular complexity index is 464. The average Bonchev–Trinajstić information content (AvgIpc) is 2.41. The Morgan fingerprint density at radius 2 is 1.86 bits per heavy atom. The Morgan fingerprint density at radius 3 is 2.38 bits per heavy atom. The maximum Gasteiger partial charge on any atom is 0.416 e. The molecule has 0 aromatic heterocycles. The molecule has 1 atom stereocenters. The minimum Gasteiger partial charge on any atom is -0.394 e. The van der Waals surface area contributed by atoms with Crippen LogP contribution in [-0.2, 0) is 6.18 Å². The van der Waals surface area contributed by atoms with Crippen molar-refractivity contribution in [3.8, 4) is 0 Å². The first-order valence-corrected chi connectivity index (χ1v) is 6.36. The molecule has 0 saturated carbocycles. The first-order valence-electron chi connectivity index (χ1n) is 6.36. The topological polar surface area (TPSA) is 35.5 Å². The minimum absolute atomic E-state index is 0. The Hall–Kier alpha value is -0.890. The van der Waals surface area contributed by atoms with Crippen LogP contribution in [0.2, 0.25) is 0 Å². The van der Waals surface area contributed by atoms with E-state index in [9.17, 15) is 22.7 Å². The summed E-state index contributed by atoms with van der Waals surface area (Å²) in [5, 5.41) is 12.5. The summed E-state index contributed by atoms with van der Waals surface area (Å²) >= 11 is 0. The summed E-state index contributed by atoms with van der Waals surface area (Å²) < 4.78 is 53.0. The van der Waals surface area contributed by atoms with Crippen LogP contribution in [0.15, 0.2) is 18.2 Å². The zero-order chi connectivity index (χ0) is 14.8. The number of aliphatic hydroxyl groups excluding tert-OH is 1. The van der Waals surface area contributed by atoms with E-state index >= 15 is 0 Å². The van der Waals surface area contributed by atoms with Gasteiger partial charge in [0.2, 0.25) is 0 Å². The molecule has 0 spiro atoms. The van der Waals surface area contributed by atoms with Crippen LogP contribution in [0.5, 0.6) is 0 Å². The normalized spacial score (nSPS) is 18.1. The van der Waals surface area contributed by atoms with Gasteiger partial charge in [-0.3, -0.25) is 4.90 Å². The van der Waals surface area contributed by atoms with Crippen LogP contribution in [-0.4, -0.2) is 42.8 Å². The second-order valence-electron chi connectivity index (χ2n) is 4.68. The molecule has 0 unspecified atom stereocenters. The number of alkyl halides is 3. The van der Waals surface area contributed by atoms with E-state index in [1.165, 1.54) is 0 Å². The van der Waals surface area contributed by atoms with Crippen molar-refractivity contribution in [1.82, 2.24) is 10.2 Å². The zero-order valence-electron chi connectivity index (χ0n) is 11.2. The summed E-state index contributed by atoms with van der Waals surface area (Å²) in [6.45, 7) is 1.59. The number of hydrogen-bond acceptors (Lipinski definition) is 3. The van der Waals surface area contributed by atoms with Crippen molar-refractivity contribution in [2.24, 2.45) is 0 Å². The van der Waals surface area contributed by atoms with Crippen LogP contribution in [0.4, 0.5) is 17.6 Å². The smallest absolute Gasteiger partial charge is 0.394 e. The maximum atomic E-state index is 13.9. The summed E-state index contributed by atoms with van der Waals surface area (Å²) in [5.41, 5.74) is -1.49. The average molecular weight is 329 g/mol. The van der Waals surface area contributed by atoms with Crippen LogP contribution < -0.4 is 5.32 Å². The van der Waals surface area contributed by atoms with Gasteiger partial charge in [0.25, 0.3) is 0 Å². The molecule has 2 N–H and O–H groups in total. The molecule has 0 aliphatic carbocycles. The summed E-state index contributed by atoms with van der Waals surface area (Å²) in [6, 6.07) is 1.90. The van der Waals surface area contributed by atoms with Crippen molar-refractivity contribution in [2.75, 3.05) is 32.8 Å². The number of hydrogen-bond donors (Lipinski definition) is 2. The van der Waals surface area contributed by atoms with Crippen molar-refractivity contribution in [1.29, 1.82) is 0 Å². The van der Waals surface area contributed by atoms with Gasteiger partial charge in [0, 0.05) is 31.7 Å². The lowest BCUT2D eigenvalue weighted by atomic mass is 9.97. The molecule has 0 amide bonds. The van der Waals surface area contributed by atoms with Crippen LogP contribution in [0.1, 0.15) is 17.2 Å². The lowest BCUT2D eigenvalue weighted by molar-refractivity contribution is -0.139. The third-order valence-corrected chi connectivity index (χ3v) is 3.46. The van der Waals surface area contributed by atoms with E-state index in [4.69, 9.17) is 0 Å². The van der Waals surface area contributed by atoms with Crippen molar-refractivity contribution >= 4 is 12.4 Å². The standard InChI is InChI=1S/C13H16F4N2O.ClH/c14-10-3-1-2-9(13(15,16)17)12(10)11(8-20)19-6-4-18-5-7-19;/h1-3,11,18,20H,4-8H2;1H/t11-;/m0./s1. The molecule has 2 rings (SSSR count). The van der Waals surface area contributed by atoms with Gasteiger partial charge in [-0.1, -0.05) is 6.07 Å². The summed E-state index contributed by atoms with van der Waals surface area (Å²) in [6.07, 6.45) is -4.64. The van der Waals surface area contributed by atoms with E-state index in [2.05, 4.69) is 5.32 Å². The molecule has 1 aliphatic rings. The largest absolute Gasteiger partial charge is 0.416 e. The van der Waals surface area contributed by atoms with Crippen molar-refractivity contribution in [3.63, 3.8) is 0 Å². The molecular weight excluding hydrogens is 312 g/mol. The van der Waals surface area contributed by atoms with Crippen molar-refractivity contribution in [2.45, 2.75) is 12.2 Å². The second kappa shape index (κ2) is 7.40. The fourth-order valence-corrected chi connectivity index (χ4v) is 2.51. The first kappa shape index (κ1) is 18.2. The molecule has 0 bridgehead atoms. The van der Waals surface area contributed by atoms with Gasteiger partial charge in [0.1, 0.15) is 5.82 Å². The number of halogens is 5. The Morgan fingerprint density at radius 1 is 1.24 bits per heavy atom. The number of aliphatic hydroxyl groups is 1. The van der Waals surface area contributed by atoms with Crippen LogP contribution in [0.3, 0.4) is 0 Å². The molecule has 0 radical (unpaired) electrons. The monoisotopic (exact) mass is 328 g/mol. The predicted octanol–water partition coefficient (Wildman–Crippen LogP) is 2.20. The number of nitrogens with one attached hydrogen (secondary N) is 1. The maximum absolute atomic E-state index is 13.9. The highest BCUT2D eigenvalue weighted by atomic mass is 35.5. The van der Waals surface area contributed by atoms with Gasteiger partial charge in [-0.05, 0) is 12.1 Å². The quantitative estimate of drug-likeness (QED) is 0.835. The van der Waals surface area contributed by atoms with E-state index < -0.39 is 35.8 Å². The molecule has 1 aromatic carbocycles. The van der Waals surface area contributed by atoms with Crippen LogP contribution in [0.25, 0.3) is 0 Å². The molecule has 3 nitrogen and oxygen atoms in total. The molecular formula is C13H17ClF4N2O. The SMILES string of the molecule is Cl.OC[C@@H](c1c(F)cccc1C(F)(F)F)N1CCNCC1. The van der Waals surface area contributed by atoms with Gasteiger partial charge in [0.05, 0.1) is 18.2 Å². The van der Waals surface area contributed by atoms with Gasteiger partial charge in [0.15, 0.2) is 0 Å². The van der Waals surface area contributed by atoms with E-state index in [1.54, 1.807) is 4.90 Å². The number of nitrogens with zero attached hydrogens (tertiary/aromatic N) is 1. The van der Waals surface area contributed by atoms with E-state index in [-0.39, 0.29) is 12.4 Å². The highest BCUT2D eigenvalue weighted by Gasteiger charge is 2.38. The first-order chi connectivity index (χ1) is 9.45. The highest BCUT2D eigenvalue weighted by Crippen LogP contribution is 2.37. The zero-order valence-corrected chi connectivity index (χ0v) is 12.0. The van der Waals surface area contributed by atoms with E-state index in [1.807, 2.05) is 0 Å². The highest BCUT2D eigenvalue weighted by molar-refractivity contribution is 5.85.